The van der Waals surface area contributed by atoms with E-state index >= 15 is 0 Å². The summed E-state index contributed by atoms with van der Waals surface area (Å²) in [5.74, 6) is -0.370. The van der Waals surface area contributed by atoms with Crippen LogP contribution in [0.3, 0.4) is 0 Å². The molecular formula is C29H46N2O9. The molecule has 2 aliphatic carbocycles. The predicted molar refractivity (Wildman–Crippen MR) is 147 cm³/mol. The lowest BCUT2D eigenvalue weighted by molar-refractivity contribution is -0.142. The first-order valence-electron chi connectivity index (χ1n) is 14.0. The second kappa shape index (κ2) is 16.2. The summed E-state index contributed by atoms with van der Waals surface area (Å²) in [4.78, 5) is 47.6. The van der Waals surface area contributed by atoms with Crippen molar-refractivity contribution in [1.29, 1.82) is 0 Å². The van der Waals surface area contributed by atoms with Crippen molar-refractivity contribution in [2.75, 3.05) is 39.6 Å². The van der Waals surface area contributed by atoms with Gasteiger partial charge in [0.2, 0.25) is 0 Å². The molecule has 2 saturated carbocycles. The first-order valence-corrected chi connectivity index (χ1v) is 14.0. The van der Waals surface area contributed by atoms with Gasteiger partial charge < -0.3 is 34.3 Å². The maximum absolute atomic E-state index is 12.7. The highest BCUT2D eigenvalue weighted by Gasteiger charge is 2.42. The molecular weight excluding hydrogens is 520 g/mol. The van der Waals surface area contributed by atoms with Crippen LogP contribution in [0.5, 0.6) is 0 Å². The molecule has 11 nitrogen and oxygen atoms in total. The second-order valence-corrected chi connectivity index (χ2v) is 11.8. The molecule has 0 aromatic carbocycles. The molecule has 11 heteroatoms. The van der Waals surface area contributed by atoms with Gasteiger partial charge >= 0.3 is 24.1 Å². The Hall–Kier alpha value is -3.08. The van der Waals surface area contributed by atoms with Gasteiger partial charge in [-0.05, 0) is 48.9 Å². The van der Waals surface area contributed by atoms with Crippen molar-refractivity contribution >= 4 is 24.1 Å². The zero-order valence-corrected chi connectivity index (χ0v) is 24.2. The van der Waals surface area contributed by atoms with Gasteiger partial charge in [0, 0.05) is 31.3 Å². The van der Waals surface area contributed by atoms with Crippen molar-refractivity contribution in [3.8, 4) is 0 Å². The SMILES string of the molecule is C=CC(=O)OCCOC(=O)NC1CC(C)(C)CC(C)(CNC(=O)OC(COCCCC2CC2)COC(=O)C=C)C1. The summed E-state index contributed by atoms with van der Waals surface area (Å²) in [5.41, 5.74) is -0.436. The van der Waals surface area contributed by atoms with Crippen molar-refractivity contribution in [1.82, 2.24) is 10.6 Å². The molecule has 0 spiro atoms. The molecule has 2 N–H and O–H groups in total. The lowest BCUT2D eigenvalue weighted by Crippen LogP contribution is -2.50. The monoisotopic (exact) mass is 566 g/mol. The number of nitrogens with one attached hydrogen (secondary N) is 2. The van der Waals surface area contributed by atoms with E-state index in [9.17, 15) is 19.2 Å². The number of rotatable bonds is 17. The van der Waals surface area contributed by atoms with Crippen molar-refractivity contribution in [2.24, 2.45) is 16.7 Å². The van der Waals surface area contributed by atoms with E-state index in [-0.39, 0.29) is 43.3 Å². The Labute approximate surface area is 237 Å². The summed E-state index contributed by atoms with van der Waals surface area (Å²) in [6.45, 7) is 13.7. The van der Waals surface area contributed by atoms with Gasteiger partial charge in [-0.3, -0.25) is 0 Å². The van der Waals surface area contributed by atoms with Crippen molar-refractivity contribution < 1.29 is 42.9 Å². The highest BCUT2D eigenvalue weighted by Crippen LogP contribution is 2.45. The number of hydrogen-bond acceptors (Lipinski definition) is 9. The molecule has 0 aliphatic heterocycles. The molecule has 3 atom stereocenters. The normalized spacial score (nSPS) is 22.2. The van der Waals surface area contributed by atoms with E-state index in [4.69, 9.17) is 23.7 Å². The quantitative estimate of drug-likeness (QED) is 0.115. The summed E-state index contributed by atoms with van der Waals surface area (Å²) < 4.78 is 26.2. The van der Waals surface area contributed by atoms with E-state index < -0.39 is 30.2 Å². The van der Waals surface area contributed by atoms with E-state index in [2.05, 4.69) is 44.6 Å². The standard InChI is InChI=1S/C29H46N2O9/c1-6-24(32)37-13-14-38-27(35)31-22-15-28(3,4)19-29(5,16-22)20-30-26(34)40-23(18-39-25(33)7-2)17-36-12-8-9-21-10-11-21/h6-7,21-23H,1-2,8-20H2,3-5H3,(H,30,34)(H,31,35). The van der Waals surface area contributed by atoms with Crippen LogP contribution in [0.25, 0.3) is 0 Å². The first-order chi connectivity index (χ1) is 18.9. The number of esters is 2. The van der Waals surface area contributed by atoms with Crippen LogP contribution in [0.4, 0.5) is 9.59 Å². The number of amides is 2. The summed E-state index contributed by atoms with van der Waals surface area (Å²) in [5, 5.41) is 5.73. The zero-order chi connectivity index (χ0) is 29.6. The van der Waals surface area contributed by atoms with Crippen LogP contribution in [-0.4, -0.2) is 75.9 Å². The van der Waals surface area contributed by atoms with Gasteiger partial charge in [0.15, 0.2) is 6.10 Å². The molecule has 2 aliphatic rings. The molecule has 226 valence electrons. The fourth-order valence-electron chi connectivity index (χ4n) is 5.34. The highest BCUT2D eigenvalue weighted by atomic mass is 16.6. The molecule has 0 aromatic rings. The van der Waals surface area contributed by atoms with Crippen LogP contribution in [0, 0.1) is 16.7 Å². The third-order valence-corrected chi connectivity index (χ3v) is 6.91. The van der Waals surface area contributed by atoms with Gasteiger partial charge in [-0.15, -0.1) is 0 Å². The van der Waals surface area contributed by atoms with E-state index in [1.54, 1.807) is 0 Å². The summed E-state index contributed by atoms with van der Waals surface area (Å²) in [7, 11) is 0. The maximum atomic E-state index is 12.7. The molecule has 0 saturated heterocycles. The lowest BCUT2D eigenvalue weighted by Gasteiger charge is -2.46. The van der Waals surface area contributed by atoms with Gasteiger partial charge in [0.05, 0.1) is 6.61 Å². The lowest BCUT2D eigenvalue weighted by atomic mass is 9.62. The van der Waals surface area contributed by atoms with Crippen LogP contribution in [0.15, 0.2) is 25.3 Å². The topological polar surface area (TPSA) is 138 Å². The smallest absolute Gasteiger partial charge is 0.407 e. The number of carbonyl (C=O) groups is 4. The van der Waals surface area contributed by atoms with Gasteiger partial charge in [0.25, 0.3) is 0 Å². The van der Waals surface area contributed by atoms with E-state index in [0.717, 1.165) is 43.8 Å². The minimum Gasteiger partial charge on any atom is -0.459 e. The third kappa shape index (κ3) is 13.8. The molecule has 2 rings (SSSR count). The third-order valence-electron chi connectivity index (χ3n) is 6.91. The predicted octanol–water partition coefficient (Wildman–Crippen LogP) is 4.06. The van der Waals surface area contributed by atoms with Gasteiger partial charge in [-0.2, -0.15) is 0 Å². The number of hydrogen-bond donors (Lipinski definition) is 2. The average molecular weight is 567 g/mol. The molecule has 3 unspecified atom stereocenters. The first kappa shape index (κ1) is 33.1. The number of carbonyl (C=O) groups excluding carboxylic acids is 4. The van der Waals surface area contributed by atoms with Crippen LogP contribution in [-0.2, 0) is 33.3 Å². The van der Waals surface area contributed by atoms with E-state index in [0.29, 0.717) is 19.6 Å². The summed E-state index contributed by atoms with van der Waals surface area (Å²) in [6, 6.07) is -0.176. The fraction of sp³-hybridized carbons (Fsp3) is 0.724. The highest BCUT2D eigenvalue weighted by molar-refractivity contribution is 5.81. The average Bonchev–Trinajstić information content (AvgIpc) is 3.71. The molecule has 40 heavy (non-hydrogen) atoms. The van der Waals surface area contributed by atoms with Crippen LogP contribution in [0.2, 0.25) is 0 Å². The van der Waals surface area contributed by atoms with Crippen LogP contribution >= 0.6 is 0 Å². The van der Waals surface area contributed by atoms with Gasteiger partial charge in [0.1, 0.15) is 19.8 Å². The number of ether oxygens (including phenoxy) is 5. The minimum atomic E-state index is -0.754. The summed E-state index contributed by atoms with van der Waals surface area (Å²) >= 11 is 0. The minimum absolute atomic E-state index is 0.0581. The number of alkyl carbamates (subject to hydrolysis) is 2. The van der Waals surface area contributed by atoms with Crippen LogP contribution < -0.4 is 10.6 Å². The van der Waals surface area contributed by atoms with Gasteiger partial charge in [-0.1, -0.05) is 46.8 Å². The Morgan fingerprint density at radius 1 is 0.900 bits per heavy atom. The maximum Gasteiger partial charge on any atom is 0.407 e. The van der Waals surface area contributed by atoms with Crippen molar-refractivity contribution in [2.45, 2.75) is 77.9 Å². The fourth-order valence-corrected chi connectivity index (χ4v) is 5.34. The Kier molecular flexibility index (Phi) is 13.5. The van der Waals surface area contributed by atoms with E-state index in [1.165, 1.54) is 12.8 Å². The molecule has 2 fully saturated rings. The molecule has 0 radical (unpaired) electrons. The van der Waals surface area contributed by atoms with E-state index in [1.807, 2.05) is 0 Å². The Balaban J connectivity index is 1.82. The van der Waals surface area contributed by atoms with Crippen molar-refractivity contribution in [3.05, 3.63) is 25.3 Å². The van der Waals surface area contributed by atoms with Crippen molar-refractivity contribution in [3.63, 3.8) is 0 Å². The molecule has 0 bridgehead atoms. The Morgan fingerprint density at radius 2 is 1.57 bits per heavy atom. The summed E-state index contributed by atoms with van der Waals surface area (Å²) in [6.07, 6.45) is 6.92. The molecule has 2 amide bonds. The van der Waals surface area contributed by atoms with Crippen LogP contribution in [0.1, 0.15) is 65.7 Å². The Bertz CT molecular complexity index is 887. The molecule has 0 aromatic heterocycles. The zero-order valence-electron chi connectivity index (χ0n) is 24.2. The van der Waals surface area contributed by atoms with Gasteiger partial charge in [-0.25, -0.2) is 19.2 Å². The molecule has 0 heterocycles. The Morgan fingerprint density at radius 3 is 2.25 bits per heavy atom. The largest absolute Gasteiger partial charge is 0.459 e. The second-order valence-electron chi connectivity index (χ2n) is 11.8.